The van der Waals surface area contributed by atoms with Gasteiger partial charge in [-0.3, -0.25) is 4.79 Å². The predicted octanol–water partition coefficient (Wildman–Crippen LogP) is 3.05. The van der Waals surface area contributed by atoms with Gasteiger partial charge in [0.25, 0.3) is 0 Å². The molecule has 0 unspecified atom stereocenters. The highest BCUT2D eigenvalue weighted by molar-refractivity contribution is 6.00. The van der Waals surface area contributed by atoms with Crippen LogP contribution in [0.3, 0.4) is 0 Å². The van der Waals surface area contributed by atoms with Crippen molar-refractivity contribution >= 4 is 11.8 Å². The number of carbonyl (C=O) groups is 2. The summed E-state index contributed by atoms with van der Waals surface area (Å²) in [4.78, 5) is 23.9. The molecule has 2 aromatic carbocycles. The predicted molar refractivity (Wildman–Crippen MR) is 78.6 cm³/mol. The van der Waals surface area contributed by atoms with Gasteiger partial charge in [0.1, 0.15) is 5.75 Å². The van der Waals surface area contributed by atoms with Crippen molar-refractivity contribution < 1.29 is 19.4 Å². The van der Waals surface area contributed by atoms with Crippen LogP contribution in [0.25, 0.3) is 0 Å². The summed E-state index contributed by atoms with van der Waals surface area (Å²) in [5, 5.41) is 9.31. The zero-order valence-corrected chi connectivity index (χ0v) is 11.9. The second kappa shape index (κ2) is 6.22. The lowest BCUT2D eigenvalue weighted by atomic mass is 10.0. The number of rotatable bonds is 4. The van der Waals surface area contributed by atoms with E-state index < -0.39 is 5.97 Å². The highest BCUT2D eigenvalue weighted by Crippen LogP contribution is 2.14. The van der Waals surface area contributed by atoms with Crippen LogP contribution in [-0.4, -0.2) is 23.5 Å². The molecule has 0 aliphatic heterocycles. The first kappa shape index (κ1) is 14.8. The quantitative estimate of drug-likeness (QED) is 0.692. The maximum atomic E-state index is 12.1. The van der Waals surface area contributed by atoms with Crippen LogP contribution < -0.4 is 0 Å². The van der Waals surface area contributed by atoms with Crippen LogP contribution >= 0.6 is 0 Å². The molecule has 0 amide bonds. The molecule has 2 aromatic rings. The molecule has 4 heteroatoms. The fourth-order valence-corrected chi connectivity index (χ4v) is 1.96. The van der Waals surface area contributed by atoms with E-state index in [2.05, 4.69) is 0 Å². The topological polar surface area (TPSA) is 63.6 Å². The van der Waals surface area contributed by atoms with Crippen LogP contribution in [0.4, 0.5) is 0 Å². The molecule has 0 aliphatic carbocycles. The van der Waals surface area contributed by atoms with Gasteiger partial charge >= 0.3 is 5.97 Å². The fourth-order valence-electron chi connectivity index (χ4n) is 1.96. The zero-order chi connectivity index (χ0) is 15.4. The van der Waals surface area contributed by atoms with Crippen LogP contribution in [0.15, 0.2) is 42.5 Å². The maximum absolute atomic E-state index is 12.1. The maximum Gasteiger partial charge on any atom is 0.338 e. The monoisotopic (exact) mass is 284 g/mol. The lowest BCUT2D eigenvalue weighted by Crippen LogP contribution is -2.15. The largest absolute Gasteiger partial charge is 0.508 e. The SMILES string of the molecule is Cc1ccc(C)c(C(=O)COC(=O)c2cccc(O)c2)c1. The van der Waals surface area contributed by atoms with Crippen LogP contribution in [0.2, 0.25) is 0 Å². The Labute approximate surface area is 123 Å². The minimum atomic E-state index is -0.635. The molecule has 0 spiro atoms. The molecule has 108 valence electrons. The van der Waals surface area contributed by atoms with Gasteiger partial charge in [0.2, 0.25) is 5.78 Å². The Morgan fingerprint density at radius 1 is 1.10 bits per heavy atom. The number of benzene rings is 2. The molecule has 0 bridgehead atoms. The highest BCUT2D eigenvalue weighted by atomic mass is 16.5. The highest BCUT2D eigenvalue weighted by Gasteiger charge is 2.14. The summed E-state index contributed by atoms with van der Waals surface area (Å²) < 4.78 is 4.99. The number of Topliss-reactive ketones (excluding diaryl/α,β-unsaturated/α-hetero) is 1. The number of ether oxygens (including phenoxy) is 1. The van der Waals surface area contributed by atoms with Crippen LogP contribution in [0.5, 0.6) is 5.75 Å². The third-order valence-corrected chi connectivity index (χ3v) is 3.11. The first-order valence-electron chi connectivity index (χ1n) is 6.54. The Bertz CT molecular complexity index is 689. The summed E-state index contributed by atoms with van der Waals surface area (Å²) in [7, 11) is 0. The third kappa shape index (κ3) is 3.69. The Kier molecular flexibility index (Phi) is 4.38. The van der Waals surface area contributed by atoms with E-state index in [0.29, 0.717) is 5.56 Å². The standard InChI is InChI=1S/C17H16O4/c1-11-6-7-12(2)15(8-11)16(19)10-21-17(20)13-4-3-5-14(18)9-13/h3-9,18H,10H2,1-2H3. The fraction of sp³-hybridized carbons (Fsp3) is 0.176. The van der Waals surface area contributed by atoms with E-state index in [9.17, 15) is 14.7 Å². The molecule has 0 radical (unpaired) electrons. The summed E-state index contributed by atoms with van der Waals surface area (Å²) in [5.74, 6) is -0.903. The van der Waals surface area contributed by atoms with Gasteiger partial charge in [0.05, 0.1) is 5.56 Å². The second-order valence-corrected chi connectivity index (χ2v) is 4.87. The minimum absolute atomic E-state index is 0.0229. The van der Waals surface area contributed by atoms with E-state index in [4.69, 9.17) is 4.74 Å². The lowest BCUT2D eigenvalue weighted by molar-refractivity contribution is 0.0474. The van der Waals surface area contributed by atoms with Crippen molar-refractivity contribution in [2.24, 2.45) is 0 Å². The van der Waals surface area contributed by atoms with Crippen molar-refractivity contribution in [1.82, 2.24) is 0 Å². The average Bonchev–Trinajstić information content (AvgIpc) is 2.47. The van der Waals surface area contributed by atoms with Crippen molar-refractivity contribution in [3.63, 3.8) is 0 Å². The van der Waals surface area contributed by atoms with E-state index >= 15 is 0 Å². The second-order valence-electron chi connectivity index (χ2n) is 4.87. The van der Waals surface area contributed by atoms with Crippen LogP contribution in [0.1, 0.15) is 31.8 Å². The van der Waals surface area contributed by atoms with E-state index in [-0.39, 0.29) is 23.7 Å². The minimum Gasteiger partial charge on any atom is -0.508 e. The summed E-state index contributed by atoms with van der Waals surface area (Å²) in [6.45, 7) is 3.41. The van der Waals surface area contributed by atoms with Crippen molar-refractivity contribution in [3.8, 4) is 5.75 Å². The molecule has 0 heterocycles. The zero-order valence-electron chi connectivity index (χ0n) is 11.9. The molecule has 0 aromatic heterocycles. The van der Waals surface area contributed by atoms with Crippen molar-refractivity contribution in [2.75, 3.05) is 6.61 Å². The van der Waals surface area contributed by atoms with Gasteiger partial charge in [-0.05, 0) is 43.7 Å². The van der Waals surface area contributed by atoms with Crippen molar-refractivity contribution in [3.05, 3.63) is 64.7 Å². The molecule has 0 atom stereocenters. The van der Waals surface area contributed by atoms with Gasteiger partial charge in [-0.25, -0.2) is 4.79 Å². The average molecular weight is 284 g/mol. The molecule has 0 aliphatic rings. The molecule has 2 rings (SSSR count). The molecule has 0 saturated carbocycles. The van der Waals surface area contributed by atoms with Gasteiger partial charge in [0.15, 0.2) is 6.61 Å². The number of aryl methyl sites for hydroxylation is 2. The Morgan fingerprint density at radius 3 is 2.57 bits per heavy atom. The third-order valence-electron chi connectivity index (χ3n) is 3.11. The van der Waals surface area contributed by atoms with Gasteiger partial charge in [0, 0.05) is 5.56 Å². The molecular formula is C17H16O4. The smallest absolute Gasteiger partial charge is 0.338 e. The number of phenols is 1. The Balaban J connectivity index is 2.04. The molecule has 1 N–H and O–H groups in total. The summed E-state index contributed by atoms with van der Waals surface area (Å²) >= 11 is 0. The molecule has 0 saturated heterocycles. The van der Waals surface area contributed by atoms with Crippen molar-refractivity contribution in [1.29, 1.82) is 0 Å². The normalized spacial score (nSPS) is 10.2. The van der Waals surface area contributed by atoms with Crippen LogP contribution in [-0.2, 0) is 4.74 Å². The van der Waals surface area contributed by atoms with E-state index in [1.807, 2.05) is 26.0 Å². The molecule has 21 heavy (non-hydrogen) atoms. The van der Waals surface area contributed by atoms with Gasteiger partial charge in [-0.1, -0.05) is 23.8 Å². The number of aromatic hydroxyl groups is 1. The number of phenolic OH excluding ortho intramolecular Hbond substituents is 1. The molecular weight excluding hydrogens is 268 g/mol. The lowest BCUT2D eigenvalue weighted by Gasteiger charge is -2.07. The summed E-state index contributed by atoms with van der Waals surface area (Å²) in [6, 6.07) is 11.4. The van der Waals surface area contributed by atoms with Gasteiger partial charge in [-0.15, -0.1) is 0 Å². The van der Waals surface area contributed by atoms with E-state index in [1.54, 1.807) is 12.1 Å². The number of ketones is 1. The Morgan fingerprint density at radius 2 is 1.86 bits per heavy atom. The first-order chi connectivity index (χ1) is 9.97. The van der Waals surface area contributed by atoms with E-state index in [1.165, 1.54) is 18.2 Å². The number of carbonyl (C=O) groups excluding carboxylic acids is 2. The first-order valence-corrected chi connectivity index (χ1v) is 6.54. The number of hydrogen-bond acceptors (Lipinski definition) is 4. The van der Waals surface area contributed by atoms with Gasteiger partial charge in [-0.2, -0.15) is 0 Å². The molecule has 0 fully saturated rings. The van der Waals surface area contributed by atoms with Gasteiger partial charge < -0.3 is 9.84 Å². The van der Waals surface area contributed by atoms with Crippen molar-refractivity contribution in [2.45, 2.75) is 13.8 Å². The number of esters is 1. The van der Waals surface area contributed by atoms with E-state index in [0.717, 1.165) is 11.1 Å². The Hall–Kier alpha value is -2.62. The number of hydrogen-bond donors (Lipinski definition) is 1. The summed E-state index contributed by atoms with van der Waals surface area (Å²) in [5.41, 5.74) is 2.59. The molecule has 4 nitrogen and oxygen atoms in total. The van der Waals surface area contributed by atoms with Crippen LogP contribution in [0, 0.1) is 13.8 Å². The summed E-state index contributed by atoms with van der Waals surface area (Å²) in [6.07, 6.45) is 0.